The second kappa shape index (κ2) is 7.52. The van der Waals surface area contributed by atoms with E-state index < -0.39 is 6.10 Å². The summed E-state index contributed by atoms with van der Waals surface area (Å²) in [6.45, 7) is 0.290. The lowest BCUT2D eigenvalue weighted by atomic mass is 10.1. The van der Waals surface area contributed by atoms with Crippen LogP contribution in [-0.4, -0.2) is 28.0 Å². The molecule has 0 bridgehead atoms. The topological polar surface area (TPSA) is 69.0 Å². The van der Waals surface area contributed by atoms with E-state index in [1.807, 2.05) is 60.7 Å². The molecule has 0 aliphatic rings. The molecule has 0 spiro atoms. The monoisotopic (exact) mass is 322 g/mol. The minimum atomic E-state index is -0.643. The van der Waals surface area contributed by atoms with Gasteiger partial charge in [-0.2, -0.15) is 0 Å². The Morgan fingerprint density at radius 3 is 2.46 bits per heavy atom. The second-order valence-electron chi connectivity index (χ2n) is 5.23. The van der Waals surface area contributed by atoms with Crippen molar-refractivity contribution in [1.82, 2.24) is 20.3 Å². The normalized spacial score (nSPS) is 11.9. The number of aromatic nitrogens is 3. The standard InChI is InChI=1S/C18H18N4O2/c1-24-17(14-8-4-2-5-9-14)18(23)19-12-15-13-22(21-20-15)16-10-6-3-7-11-16/h2-11,13,17H,12H2,1H3,(H,19,23)/t17-/m0/s1. The molecule has 0 saturated heterocycles. The molecule has 1 heterocycles. The Morgan fingerprint density at radius 2 is 1.79 bits per heavy atom. The third-order valence-corrected chi connectivity index (χ3v) is 3.58. The van der Waals surface area contributed by atoms with Gasteiger partial charge < -0.3 is 10.1 Å². The molecule has 0 saturated carbocycles. The number of para-hydroxylation sites is 1. The number of nitrogens with zero attached hydrogens (tertiary/aromatic N) is 3. The van der Waals surface area contributed by atoms with Gasteiger partial charge in [0.1, 0.15) is 5.69 Å². The molecular weight excluding hydrogens is 304 g/mol. The van der Waals surface area contributed by atoms with Crippen molar-refractivity contribution in [3.8, 4) is 5.69 Å². The van der Waals surface area contributed by atoms with E-state index in [1.165, 1.54) is 7.11 Å². The number of carbonyl (C=O) groups excluding carboxylic acids is 1. The van der Waals surface area contributed by atoms with Crippen molar-refractivity contribution >= 4 is 5.91 Å². The molecule has 1 aromatic heterocycles. The molecule has 6 heteroatoms. The number of benzene rings is 2. The van der Waals surface area contributed by atoms with Gasteiger partial charge in [-0.25, -0.2) is 4.68 Å². The summed E-state index contributed by atoms with van der Waals surface area (Å²) in [5, 5.41) is 11.0. The number of ether oxygens (including phenoxy) is 1. The predicted molar refractivity (Wildman–Crippen MR) is 89.4 cm³/mol. The highest BCUT2D eigenvalue weighted by Gasteiger charge is 2.19. The number of rotatable bonds is 6. The van der Waals surface area contributed by atoms with Crippen molar-refractivity contribution < 1.29 is 9.53 Å². The molecule has 0 fully saturated rings. The van der Waals surface area contributed by atoms with Crippen LogP contribution in [0.5, 0.6) is 0 Å². The van der Waals surface area contributed by atoms with Crippen LogP contribution in [0.2, 0.25) is 0 Å². The van der Waals surface area contributed by atoms with Crippen molar-refractivity contribution in [2.24, 2.45) is 0 Å². The van der Waals surface area contributed by atoms with E-state index in [9.17, 15) is 4.79 Å². The molecule has 0 aliphatic carbocycles. The highest BCUT2D eigenvalue weighted by Crippen LogP contribution is 2.16. The van der Waals surface area contributed by atoms with Crippen LogP contribution in [0.3, 0.4) is 0 Å². The summed E-state index contributed by atoms with van der Waals surface area (Å²) in [5.74, 6) is -0.210. The van der Waals surface area contributed by atoms with Crippen molar-refractivity contribution in [3.05, 3.63) is 78.1 Å². The molecule has 122 valence electrons. The van der Waals surface area contributed by atoms with Crippen molar-refractivity contribution in [3.63, 3.8) is 0 Å². The van der Waals surface area contributed by atoms with Crippen LogP contribution in [-0.2, 0) is 16.1 Å². The molecule has 2 aromatic carbocycles. The lowest BCUT2D eigenvalue weighted by molar-refractivity contribution is -0.131. The van der Waals surface area contributed by atoms with Crippen LogP contribution in [0.25, 0.3) is 5.69 Å². The largest absolute Gasteiger partial charge is 0.367 e. The first-order valence-corrected chi connectivity index (χ1v) is 7.60. The molecule has 0 unspecified atom stereocenters. The maximum absolute atomic E-state index is 12.3. The Balaban J connectivity index is 1.63. The van der Waals surface area contributed by atoms with E-state index in [-0.39, 0.29) is 5.91 Å². The molecule has 0 aliphatic heterocycles. The van der Waals surface area contributed by atoms with Crippen LogP contribution >= 0.6 is 0 Å². The molecule has 0 radical (unpaired) electrons. The fraction of sp³-hybridized carbons (Fsp3) is 0.167. The van der Waals surface area contributed by atoms with Crippen molar-refractivity contribution in [1.29, 1.82) is 0 Å². The van der Waals surface area contributed by atoms with Crippen LogP contribution < -0.4 is 5.32 Å². The number of hydrogen-bond donors (Lipinski definition) is 1. The SMILES string of the molecule is CO[C@H](C(=O)NCc1cn(-c2ccccc2)nn1)c1ccccc1. The van der Waals surface area contributed by atoms with Gasteiger partial charge in [0.2, 0.25) is 0 Å². The van der Waals surface area contributed by atoms with Crippen LogP contribution in [0.15, 0.2) is 66.9 Å². The Kier molecular flexibility index (Phi) is 4.98. The van der Waals surface area contributed by atoms with Gasteiger partial charge in [0, 0.05) is 7.11 Å². The smallest absolute Gasteiger partial charge is 0.254 e. The zero-order chi connectivity index (χ0) is 16.8. The third kappa shape index (κ3) is 3.67. The second-order valence-corrected chi connectivity index (χ2v) is 5.23. The maximum atomic E-state index is 12.3. The minimum Gasteiger partial charge on any atom is -0.367 e. The molecule has 1 N–H and O–H groups in total. The summed E-state index contributed by atoms with van der Waals surface area (Å²) in [4.78, 5) is 12.3. The first-order valence-electron chi connectivity index (χ1n) is 7.60. The predicted octanol–water partition coefficient (Wildman–Crippen LogP) is 2.27. The molecule has 1 atom stereocenters. The van der Waals surface area contributed by atoms with E-state index in [4.69, 9.17) is 4.74 Å². The lowest BCUT2D eigenvalue weighted by Gasteiger charge is -2.14. The van der Waals surface area contributed by atoms with Gasteiger partial charge in [0.15, 0.2) is 6.10 Å². The minimum absolute atomic E-state index is 0.210. The van der Waals surface area contributed by atoms with Crippen LogP contribution in [0.4, 0.5) is 0 Å². The van der Waals surface area contributed by atoms with Gasteiger partial charge in [0.05, 0.1) is 18.4 Å². The molecular formula is C18H18N4O2. The van der Waals surface area contributed by atoms with Crippen LogP contribution in [0.1, 0.15) is 17.4 Å². The highest BCUT2D eigenvalue weighted by atomic mass is 16.5. The maximum Gasteiger partial charge on any atom is 0.254 e. The average Bonchev–Trinajstić information content (AvgIpc) is 3.11. The lowest BCUT2D eigenvalue weighted by Crippen LogP contribution is -2.30. The van der Waals surface area contributed by atoms with E-state index >= 15 is 0 Å². The summed E-state index contributed by atoms with van der Waals surface area (Å²) >= 11 is 0. The number of carbonyl (C=O) groups is 1. The Labute approximate surface area is 140 Å². The Hall–Kier alpha value is -2.99. The summed E-state index contributed by atoms with van der Waals surface area (Å²) in [5.41, 5.74) is 2.40. The van der Waals surface area contributed by atoms with E-state index in [0.29, 0.717) is 12.2 Å². The van der Waals surface area contributed by atoms with Gasteiger partial charge in [-0.15, -0.1) is 5.10 Å². The zero-order valence-electron chi connectivity index (χ0n) is 13.3. The third-order valence-electron chi connectivity index (χ3n) is 3.58. The first kappa shape index (κ1) is 15.9. The number of hydrogen-bond acceptors (Lipinski definition) is 4. The summed E-state index contributed by atoms with van der Waals surface area (Å²) in [7, 11) is 1.52. The number of methoxy groups -OCH3 is 1. The molecule has 3 aromatic rings. The zero-order valence-corrected chi connectivity index (χ0v) is 13.3. The van der Waals surface area contributed by atoms with Gasteiger partial charge in [0.25, 0.3) is 5.91 Å². The number of amides is 1. The van der Waals surface area contributed by atoms with E-state index in [2.05, 4.69) is 15.6 Å². The molecule has 1 amide bonds. The van der Waals surface area contributed by atoms with Crippen LogP contribution in [0, 0.1) is 0 Å². The summed E-state index contributed by atoms with van der Waals surface area (Å²) < 4.78 is 6.98. The Bertz CT molecular complexity index is 787. The number of nitrogens with one attached hydrogen (secondary N) is 1. The van der Waals surface area contributed by atoms with Gasteiger partial charge in [-0.1, -0.05) is 53.7 Å². The van der Waals surface area contributed by atoms with Gasteiger partial charge in [-0.3, -0.25) is 4.79 Å². The fourth-order valence-corrected chi connectivity index (χ4v) is 2.38. The first-order chi connectivity index (χ1) is 11.8. The van der Waals surface area contributed by atoms with E-state index in [0.717, 1.165) is 11.3 Å². The highest BCUT2D eigenvalue weighted by molar-refractivity contribution is 5.82. The van der Waals surface area contributed by atoms with Gasteiger partial charge >= 0.3 is 0 Å². The molecule has 3 rings (SSSR count). The average molecular weight is 322 g/mol. The summed E-state index contributed by atoms with van der Waals surface area (Å²) in [6.07, 6.45) is 1.15. The van der Waals surface area contributed by atoms with Gasteiger partial charge in [-0.05, 0) is 17.7 Å². The van der Waals surface area contributed by atoms with Crippen molar-refractivity contribution in [2.75, 3.05) is 7.11 Å². The Morgan fingerprint density at radius 1 is 1.12 bits per heavy atom. The van der Waals surface area contributed by atoms with Crippen molar-refractivity contribution in [2.45, 2.75) is 12.6 Å². The fourth-order valence-electron chi connectivity index (χ4n) is 2.38. The molecule has 6 nitrogen and oxygen atoms in total. The quantitative estimate of drug-likeness (QED) is 0.756. The summed E-state index contributed by atoms with van der Waals surface area (Å²) in [6, 6.07) is 19.1. The molecule has 24 heavy (non-hydrogen) atoms. The van der Waals surface area contributed by atoms with E-state index in [1.54, 1.807) is 10.9 Å².